The number of ether oxygens (including phenoxy) is 2. The van der Waals surface area contributed by atoms with E-state index in [0.29, 0.717) is 32.9 Å². The van der Waals surface area contributed by atoms with E-state index < -0.39 is 0 Å². The molecule has 0 unspecified atom stereocenters. The highest BCUT2D eigenvalue weighted by Gasteiger charge is 2.47. The summed E-state index contributed by atoms with van der Waals surface area (Å²) < 4.78 is 11.5. The molecule has 2 N–H and O–H groups in total. The fourth-order valence-corrected chi connectivity index (χ4v) is 8.18. The normalized spacial score (nSPS) is 19.7. The molecule has 4 fully saturated rings. The third kappa shape index (κ3) is 5.25. The average Bonchev–Trinajstić information content (AvgIpc) is 2.99. The minimum atomic E-state index is 0.337. The van der Waals surface area contributed by atoms with Crippen LogP contribution in [0.1, 0.15) is 24.0 Å². The van der Waals surface area contributed by atoms with Gasteiger partial charge in [0, 0.05) is 83.7 Å². The largest absolute Gasteiger partial charge is 0.481 e. The van der Waals surface area contributed by atoms with Crippen molar-refractivity contribution in [1.29, 1.82) is 0 Å². The maximum atomic E-state index is 7.12. The number of nitrogens with zero attached hydrogens (tertiary/aromatic N) is 4. The van der Waals surface area contributed by atoms with Crippen molar-refractivity contribution in [3.63, 3.8) is 0 Å². The van der Waals surface area contributed by atoms with Crippen LogP contribution in [-0.2, 0) is 13.1 Å². The molecule has 238 valence electrons. The highest BCUT2D eigenvalue weighted by molar-refractivity contribution is 6.39. The Bertz CT molecular complexity index is 1660. The zero-order valence-electron chi connectivity index (χ0n) is 26.2. The van der Waals surface area contributed by atoms with E-state index in [1.54, 1.807) is 14.2 Å². The number of pyridine rings is 2. The highest BCUT2D eigenvalue weighted by Crippen LogP contribution is 2.43. The lowest BCUT2D eigenvalue weighted by Crippen LogP contribution is -2.75. The molecule has 0 bridgehead atoms. The van der Waals surface area contributed by atoms with Crippen molar-refractivity contribution < 1.29 is 9.47 Å². The Balaban J connectivity index is 1.04. The standard InChI is InChI=1S/C36H38Cl2N6O2/c1-45-33-23(17-43-19-35(20-43)13-15-39-35)9-11-29(41-33)27-7-3-5-25(31(27)37)26-6-4-8-28(32(26)38)30-12-10-24(34(42-30)46-2)18-44-21-36(22-44)14-16-40-36/h3-12,39-40H,13-22H2,1-2H3. The fourth-order valence-electron chi connectivity index (χ4n) is 7.53. The quantitative estimate of drug-likeness (QED) is 0.231. The van der Waals surface area contributed by atoms with E-state index in [9.17, 15) is 0 Å². The summed E-state index contributed by atoms with van der Waals surface area (Å²) in [5.41, 5.74) is 7.62. The topological polar surface area (TPSA) is 74.8 Å². The van der Waals surface area contributed by atoms with Crippen molar-refractivity contribution in [1.82, 2.24) is 30.4 Å². The van der Waals surface area contributed by atoms with E-state index in [-0.39, 0.29) is 0 Å². The Morgan fingerprint density at radius 3 is 1.37 bits per heavy atom. The molecule has 4 aromatic rings. The van der Waals surface area contributed by atoms with Gasteiger partial charge in [0.2, 0.25) is 11.8 Å². The van der Waals surface area contributed by atoms with Gasteiger partial charge in [-0.3, -0.25) is 9.80 Å². The number of aromatic nitrogens is 2. The second-order valence-electron chi connectivity index (χ2n) is 13.3. The Kier molecular flexibility index (Phi) is 7.71. The van der Waals surface area contributed by atoms with E-state index in [4.69, 9.17) is 42.6 Å². The van der Waals surface area contributed by atoms with Gasteiger partial charge in [-0.25, -0.2) is 9.97 Å². The van der Waals surface area contributed by atoms with E-state index in [0.717, 1.165) is 97.1 Å². The van der Waals surface area contributed by atoms with E-state index in [1.165, 1.54) is 12.8 Å². The number of benzene rings is 2. The van der Waals surface area contributed by atoms with Crippen molar-refractivity contribution in [2.75, 3.05) is 53.5 Å². The molecular weight excluding hydrogens is 619 g/mol. The van der Waals surface area contributed by atoms with Gasteiger partial charge in [-0.15, -0.1) is 0 Å². The Morgan fingerprint density at radius 1 is 0.630 bits per heavy atom. The average molecular weight is 658 g/mol. The van der Waals surface area contributed by atoms with Gasteiger partial charge >= 0.3 is 0 Å². The van der Waals surface area contributed by atoms with Crippen LogP contribution in [0.15, 0.2) is 60.7 Å². The van der Waals surface area contributed by atoms with Gasteiger partial charge < -0.3 is 20.1 Å². The smallest absolute Gasteiger partial charge is 0.218 e. The predicted molar refractivity (Wildman–Crippen MR) is 183 cm³/mol. The Hall–Kier alpha value is -3.24. The zero-order chi connectivity index (χ0) is 31.5. The molecule has 0 amide bonds. The third-order valence-electron chi connectivity index (χ3n) is 10.2. The molecule has 46 heavy (non-hydrogen) atoms. The van der Waals surface area contributed by atoms with Crippen LogP contribution in [0, 0.1) is 0 Å². The van der Waals surface area contributed by atoms with Crippen molar-refractivity contribution in [2.24, 2.45) is 0 Å². The lowest BCUT2D eigenvalue weighted by Gasteiger charge is -2.56. The number of rotatable bonds is 9. The number of nitrogens with one attached hydrogen (secondary N) is 2. The van der Waals surface area contributed by atoms with Gasteiger partial charge in [-0.05, 0) is 38.1 Å². The van der Waals surface area contributed by atoms with Crippen molar-refractivity contribution in [2.45, 2.75) is 37.0 Å². The molecule has 0 saturated carbocycles. The van der Waals surface area contributed by atoms with Gasteiger partial charge in [0.15, 0.2) is 0 Å². The molecule has 2 spiro atoms. The van der Waals surface area contributed by atoms with E-state index in [2.05, 4.69) is 32.6 Å². The van der Waals surface area contributed by atoms with Crippen LogP contribution in [0.25, 0.3) is 33.6 Å². The number of methoxy groups -OCH3 is 2. The highest BCUT2D eigenvalue weighted by atomic mass is 35.5. The van der Waals surface area contributed by atoms with Crippen molar-refractivity contribution in [3.05, 3.63) is 81.8 Å². The molecule has 2 aromatic carbocycles. The second kappa shape index (κ2) is 11.8. The maximum Gasteiger partial charge on any atom is 0.218 e. The minimum Gasteiger partial charge on any atom is -0.481 e. The van der Waals surface area contributed by atoms with Crippen LogP contribution in [0.2, 0.25) is 10.0 Å². The molecule has 4 saturated heterocycles. The maximum absolute atomic E-state index is 7.12. The summed E-state index contributed by atoms with van der Waals surface area (Å²) in [7, 11) is 3.35. The molecule has 4 aliphatic rings. The summed E-state index contributed by atoms with van der Waals surface area (Å²) in [6.07, 6.45) is 2.52. The Morgan fingerprint density at radius 2 is 1.02 bits per heavy atom. The molecule has 8 rings (SSSR count). The molecular formula is C36H38Cl2N6O2. The van der Waals surface area contributed by atoms with E-state index >= 15 is 0 Å². The lowest BCUT2D eigenvalue weighted by atomic mass is 9.80. The molecule has 4 aliphatic heterocycles. The number of hydrogen-bond acceptors (Lipinski definition) is 8. The van der Waals surface area contributed by atoms with Crippen LogP contribution < -0.4 is 20.1 Å². The molecule has 8 nitrogen and oxygen atoms in total. The number of hydrogen-bond donors (Lipinski definition) is 2. The lowest BCUT2D eigenvalue weighted by molar-refractivity contribution is -0.0113. The molecule has 0 aliphatic carbocycles. The molecule has 0 radical (unpaired) electrons. The first-order valence-electron chi connectivity index (χ1n) is 16.0. The monoisotopic (exact) mass is 656 g/mol. The van der Waals surface area contributed by atoms with Gasteiger partial charge in [0.25, 0.3) is 0 Å². The number of likely N-dealkylation sites (tertiary alicyclic amines) is 2. The summed E-state index contributed by atoms with van der Waals surface area (Å²) >= 11 is 14.2. The first-order chi connectivity index (χ1) is 22.4. The third-order valence-corrected chi connectivity index (χ3v) is 11.0. The first kappa shape index (κ1) is 30.1. The van der Waals surface area contributed by atoms with Crippen LogP contribution in [0.4, 0.5) is 0 Å². The van der Waals surface area contributed by atoms with Gasteiger partial charge in [0.1, 0.15) is 0 Å². The second-order valence-corrected chi connectivity index (χ2v) is 14.0. The predicted octanol–water partition coefficient (Wildman–Crippen LogP) is 5.90. The van der Waals surface area contributed by atoms with Crippen LogP contribution in [-0.4, -0.2) is 84.3 Å². The minimum absolute atomic E-state index is 0.337. The Labute approximate surface area is 280 Å². The zero-order valence-corrected chi connectivity index (χ0v) is 27.7. The van der Waals surface area contributed by atoms with Gasteiger partial charge in [-0.1, -0.05) is 71.7 Å². The van der Waals surface area contributed by atoms with Crippen LogP contribution in [0.5, 0.6) is 11.8 Å². The molecule has 10 heteroatoms. The summed E-state index contributed by atoms with van der Waals surface area (Å²) in [6, 6.07) is 20.2. The fraction of sp³-hybridized carbons (Fsp3) is 0.389. The summed E-state index contributed by atoms with van der Waals surface area (Å²) in [4.78, 5) is 14.6. The van der Waals surface area contributed by atoms with Crippen molar-refractivity contribution in [3.8, 4) is 45.4 Å². The SMILES string of the molecule is COc1nc(-c2cccc(-c3cccc(-c4ccc(CN5CC6(CCN6)C5)c(OC)n4)c3Cl)c2Cl)ccc1CN1CC2(CCN2)C1. The molecule has 6 heterocycles. The van der Waals surface area contributed by atoms with Crippen LogP contribution >= 0.6 is 23.2 Å². The number of halogens is 2. The molecule has 0 atom stereocenters. The van der Waals surface area contributed by atoms with Crippen LogP contribution in [0.3, 0.4) is 0 Å². The van der Waals surface area contributed by atoms with Gasteiger partial charge in [0.05, 0.1) is 35.7 Å². The summed E-state index contributed by atoms with van der Waals surface area (Å²) in [6.45, 7) is 8.13. The molecule has 2 aromatic heterocycles. The summed E-state index contributed by atoms with van der Waals surface area (Å²) in [5, 5.41) is 8.31. The van der Waals surface area contributed by atoms with Crippen molar-refractivity contribution >= 4 is 23.2 Å². The first-order valence-corrected chi connectivity index (χ1v) is 16.7. The van der Waals surface area contributed by atoms with Gasteiger partial charge in [-0.2, -0.15) is 0 Å². The summed E-state index contributed by atoms with van der Waals surface area (Å²) in [5.74, 6) is 1.25. The van der Waals surface area contributed by atoms with E-state index in [1.807, 2.05) is 48.5 Å².